The number of sulfone groups is 1. The number of hydrogen-bond donors (Lipinski definition) is 0. The highest BCUT2D eigenvalue weighted by Gasteiger charge is 2.49. The molecule has 8 nitrogen and oxygen atoms in total. The van der Waals surface area contributed by atoms with Crippen LogP contribution in [0, 0.1) is 0 Å². The Balaban J connectivity index is 1.59. The Morgan fingerprint density at radius 3 is 2.66 bits per heavy atom. The predicted molar refractivity (Wildman–Crippen MR) is 139 cm³/mol. The number of rotatable bonds is 9. The van der Waals surface area contributed by atoms with E-state index >= 15 is 0 Å². The van der Waals surface area contributed by atoms with Crippen LogP contribution < -0.4 is 19.1 Å². The summed E-state index contributed by atoms with van der Waals surface area (Å²) in [7, 11) is -0.0460. The number of hydrogen-bond acceptors (Lipinski definition) is 7. The predicted octanol–water partition coefficient (Wildman–Crippen LogP) is 3.73. The van der Waals surface area contributed by atoms with Gasteiger partial charge in [-0.3, -0.25) is 4.79 Å². The molecular formula is C25H30N2O6S2. The van der Waals surface area contributed by atoms with E-state index in [1.807, 2.05) is 29.2 Å². The molecule has 0 bridgehead atoms. The van der Waals surface area contributed by atoms with Crippen molar-refractivity contribution in [3.05, 3.63) is 48.0 Å². The SMILES string of the molecule is CCCCOc1cccc(N2C(=NC(=O)Cc3ccc(OC)c(OC)c3)S[C@H]3CS(=O)(=O)C[C@@H]32)c1. The van der Waals surface area contributed by atoms with Gasteiger partial charge in [-0.25, -0.2) is 8.42 Å². The Bertz CT molecular complexity index is 1210. The molecule has 2 heterocycles. The minimum atomic E-state index is -3.15. The summed E-state index contributed by atoms with van der Waals surface area (Å²) >= 11 is 1.36. The summed E-state index contributed by atoms with van der Waals surface area (Å²) in [5.41, 5.74) is 1.52. The maximum atomic E-state index is 12.9. The molecule has 1 amide bonds. The second-order valence-electron chi connectivity index (χ2n) is 8.52. The summed E-state index contributed by atoms with van der Waals surface area (Å²) in [5.74, 6) is 1.64. The van der Waals surface area contributed by atoms with E-state index in [9.17, 15) is 13.2 Å². The van der Waals surface area contributed by atoms with Crippen molar-refractivity contribution in [3.8, 4) is 17.2 Å². The van der Waals surface area contributed by atoms with Crippen molar-refractivity contribution in [2.45, 2.75) is 37.5 Å². The quantitative estimate of drug-likeness (QED) is 0.464. The molecule has 0 radical (unpaired) electrons. The number of benzene rings is 2. The lowest BCUT2D eigenvalue weighted by molar-refractivity contribution is -0.117. The third kappa shape index (κ3) is 5.92. The molecule has 0 aromatic heterocycles. The van der Waals surface area contributed by atoms with Crippen LogP contribution in [0.5, 0.6) is 17.2 Å². The molecule has 2 aromatic carbocycles. The molecule has 2 aromatic rings. The fourth-order valence-electron chi connectivity index (χ4n) is 4.24. The van der Waals surface area contributed by atoms with Crippen LogP contribution in [0.25, 0.3) is 0 Å². The van der Waals surface area contributed by atoms with E-state index in [4.69, 9.17) is 14.2 Å². The van der Waals surface area contributed by atoms with Gasteiger partial charge < -0.3 is 19.1 Å². The number of aliphatic imine (C=N–C) groups is 1. The van der Waals surface area contributed by atoms with Crippen molar-refractivity contribution < 1.29 is 27.4 Å². The van der Waals surface area contributed by atoms with Crippen molar-refractivity contribution in [3.63, 3.8) is 0 Å². The smallest absolute Gasteiger partial charge is 0.252 e. The van der Waals surface area contributed by atoms with Gasteiger partial charge in [-0.2, -0.15) is 4.99 Å². The number of methoxy groups -OCH3 is 2. The minimum Gasteiger partial charge on any atom is -0.494 e. The monoisotopic (exact) mass is 518 g/mol. The third-order valence-electron chi connectivity index (χ3n) is 5.95. The number of nitrogens with zero attached hydrogens (tertiary/aromatic N) is 2. The number of amides is 1. The minimum absolute atomic E-state index is 0.0362. The lowest BCUT2D eigenvalue weighted by atomic mass is 10.1. The number of anilines is 1. The Morgan fingerprint density at radius 2 is 1.91 bits per heavy atom. The van der Waals surface area contributed by atoms with Gasteiger partial charge in [-0.05, 0) is 36.2 Å². The second-order valence-corrected chi connectivity index (χ2v) is 11.9. The van der Waals surface area contributed by atoms with Crippen LogP contribution in [-0.4, -0.2) is 63.1 Å². The first-order valence-corrected chi connectivity index (χ1v) is 14.2. The van der Waals surface area contributed by atoms with Gasteiger partial charge >= 0.3 is 0 Å². The second kappa shape index (κ2) is 10.9. The number of unbranched alkanes of at least 4 members (excludes halogenated alkanes) is 1. The maximum absolute atomic E-state index is 12.9. The highest BCUT2D eigenvalue weighted by molar-refractivity contribution is 8.16. The lowest BCUT2D eigenvalue weighted by Crippen LogP contribution is -2.37. The van der Waals surface area contributed by atoms with Gasteiger partial charge in [0.05, 0.1) is 44.8 Å². The summed E-state index contributed by atoms with van der Waals surface area (Å²) in [6.45, 7) is 2.71. The number of carbonyl (C=O) groups excluding carboxylic acids is 1. The van der Waals surface area contributed by atoms with Crippen LogP contribution in [0.4, 0.5) is 5.69 Å². The Hall–Kier alpha value is -2.72. The highest BCUT2D eigenvalue weighted by Crippen LogP contribution is 2.41. The van der Waals surface area contributed by atoms with E-state index in [-0.39, 0.29) is 35.1 Å². The van der Waals surface area contributed by atoms with Crippen molar-refractivity contribution in [1.29, 1.82) is 0 Å². The Morgan fingerprint density at radius 1 is 1.11 bits per heavy atom. The van der Waals surface area contributed by atoms with Crippen molar-refractivity contribution in [1.82, 2.24) is 0 Å². The molecule has 10 heteroatoms. The molecule has 188 valence electrons. The van der Waals surface area contributed by atoms with E-state index in [1.54, 1.807) is 32.4 Å². The zero-order valence-corrected chi connectivity index (χ0v) is 21.7. The molecule has 0 saturated carbocycles. The van der Waals surface area contributed by atoms with Crippen LogP contribution in [-0.2, 0) is 21.1 Å². The maximum Gasteiger partial charge on any atom is 0.252 e. The Labute approximate surface area is 210 Å². The van der Waals surface area contributed by atoms with Crippen molar-refractivity contribution in [2.75, 3.05) is 37.2 Å². The first-order valence-electron chi connectivity index (χ1n) is 11.5. The van der Waals surface area contributed by atoms with Crippen LogP contribution in [0.15, 0.2) is 47.5 Å². The van der Waals surface area contributed by atoms with E-state index in [2.05, 4.69) is 11.9 Å². The molecule has 2 aliphatic heterocycles. The molecule has 35 heavy (non-hydrogen) atoms. The summed E-state index contributed by atoms with van der Waals surface area (Å²) < 4.78 is 41.1. The topological polar surface area (TPSA) is 94.5 Å². The van der Waals surface area contributed by atoms with Crippen molar-refractivity contribution in [2.24, 2.45) is 4.99 Å². The van der Waals surface area contributed by atoms with Gasteiger partial charge in [0, 0.05) is 17.0 Å². The lowest BCUT2D eigenvalue weighted by Gasteiger charge is -2.25. The zero-order chi connectivity index (χ0) is 25.0. The summed E-state index contributed by atoms with van der Waals surface area (Å²) in [6, 6.07) is 12.6. The molecule has 2 saturated heterocycles. The van der Waals surface area contributed by atoms with Gasteiger partial charge in [0.1, 0.15) is 5.75 Å². The third-order valence-corrected chi connectivity index (χ3v) is 9.16. The highest BCUT2D eigenvalue weighted by atomic mass is 32.2. The average Bonchev–Trinajstić information content (AvgIpc) is 3.29. The number of thioether (sulfide) groups is 1. The first-order chi connectivity index (χ1) is 16.8. The van der Waals surface area contributed by atoms with E-state index in [1.165, 1.54) is 11.8 Å². The molecule has 2 atom stereocenters. The normalized spacial score (nSPS) is 21.7. The fourth-order valence-corrected chi connectivity index (χ4v) is 8.17. The summed E-state index contributed by atoms with van der Waals surface area (Å²) in [5, 5.41) is 0.350. The molecule has 4 rings (SSSR count). The molecule has 2 aliphatic rings. The van der Waals surface area contributed by atoms with Gasteiger partial charge in [0.15, 0.2) is 26.5 Å². The van der Waals surface area contributed by atoms with Gasteiger partial charge in [-0.1, -0.05) is 37.2 Å². The van der Waals surface area contributed by atoms with Crippen molar-refractivity contribution >= 4 is 38.4 Å². The number of ether oxygens (including phenoxy) is 3. The molecule has 0 aliphatic carbocycles. The standard InChI is InChI=1S/C25H30N2O6S2/c1-4-5-11-33-19-8-6-7-18(14-19)27-20-15-35(29,30)16-23(20)34-25(27)26-24(28)13-17-9-10-21(31-2)22(12-17)32-3/h6-10,12,14,20,23H,4-5,11,13,15-16H2,1-3H3/t20-,23-/m0/s1. The zero-order valence-electron chi connectivity index (χ0n) is 20.1. The van der Waals surface area contributed by atoms with Gasteiger partial charge in [-0.15, -0.1) is 0 Å². The van der Waals surface area contributed by atoms with Crippen LogP contribution >= 0.6 is 11.8 Å². The van der Waals surface area contributed by atoms with Crippen LogP contribution in [0.1, 0.15) is 25.3 Å². The average molecular weight is 519 g/mol. The number of fused-ring (bicyclic) bond motifs is 1. The van der Waals surface area contributed by atoms with Gasteiger partial charge in [0.2, 0.25) is 0 Å². The summed E-state index contributed by atoms with van der Waals surface area (Å²) in [4.78, 5) is 19.3. The number of amidine groups is 1. The summed E-state index contributed by atoms with van der Waals surface area (Å²) in [6.07, 6.45) is 2.07. The molecule has 0 spiro atoms. The van der Waals surface area contributed by atoms with Crippen LogP contribution in [0.3, 0.4) is 0 Å². The molecule has 0 N–H and O–H groups in total. The van der Waals surface area contributed by atoms with Crippen LogP contribution in [0.2, 0.25) is 0 Å². The molecule has 2 fully saturated rings. The largest absolute Gasteiger partial charge is 0.494 e. The van der Waals surface area contributed by atoms with Gasteiger partial charge in [0.25, 0.3) is 5.91 Å². The van der Waals surface area contributed by atoms with E-state index in [0.717, 1.165) is 24.1 Å². The molecular weight excluding hydrogens is 488 g/mol. The molecule has 0 unspecified atom stereocenters. The van der Waals surface area contributed by atoms with E-state index < -0.39 is 9.84 Å². The van der Waals surface area contributed by atoms with E-state index in [0.29, 0.717) is 29.0 Å². The Kier molecular flexibility index (Phi) is 7.91. The fraction of sp³-hybridized carbons (Fsp3) is 0.440. The number of carbonyl (C=O) groups is 1. The first kappa shape index (κ1) is 25.4.